The molecule has 0 aliphatic carbocycles. The Kier molecular flexibility index (Phi) is 3.38. The molecule has 2 rings (SSSR count). The molecular formula is C11H15NO5S. The Bertz CT molecular complexity index is 477. The summed E-state index contributed by atoms with van der Waals surface area (Å²) in [5, 5.41) is 18.4. The molecule has 0 aromatic heterocycles. The molecule has 0 bridgehead atoms. The van der Waals surface area contributed by atoms with E-state index in [0.29, 0.717) is 12.2 Å². The minimum Gasteiger partial charge on any atom is -0.508 e. The first-order valence-electron chi connectivity index (χ1n) is 5.51. The number of anilines is 1. The zero-order chi connectivity index (χ0) is 13.3. The number of aromatic carboxylic acids is 1. The lowest BCUT2D eigenvalue weighted by molar-refractivity contribution is 0.0696. The van der Waals surface area contributed by atoms with Gasteiger partial charge in [-0.25, -0.2) is 4.79 Å². The lowest BCUT2D eigenvalue weighted by atomic mass is 10.2. The molecule has 1 saturated heterocycles. The third kappa shape index (κ3) is 2.53. The van der Waals surface area contributed by atoms with Crippen molar-refractivity contribution < 1.29 is 24.1 Å². The summed E-state index contributed by atoms with van der Waals surface area (Å²) >= 11 is 0. The van der Waals surface area contributed by atoms with Gasteiger partial charge in [0.05, 0.1) is 17.0 Å². The molecule has 7 heteroatoms. The molecule has 0 amide bonds. The SMILES string of the molecule is O=C(O)c1cc(O)cc(N2CCCCS2(O)O)c1. The molecule has 1 aliphatic rings. The molecule has 1 heterocycles. The summed E-state index contributed by atoms with van der Waals surface area (Å²) in [4.78, 5) is 10.9. The van der Waals surface area contributed by atoms with Crippen LogP contribution in [0.2, 0.25) is 0 Å². The summed E-state index contributed by atoms with van der Waals surface area (Å²) in [6, 6.07) is 3.80. The highest BCUT2D eigenvalue weighted by Crippen LogP contribution is 2.50. The summed E-state index contributed by atoms with van der Waals surface area (Å²) in [6.45, 7) is 0.435. The normalized spacial score (nSPS) is 20.4. The molecule has 1 aromatic rings. The van der Waals surface area contributed by atoms with E-state index in [0.717, 1.165) is 18.9 Å². The number of phenolic OH excluding ortho intramolecular Hbond substituents is 1. The fourth-order valence-corrected chi connectivity index (χ4v) is 3.64. The summed E-state index contributed by atoms with van der Waals surface area (Å²) < 4.78 is 21.3. The number of carboxylic acid groups (broad SMARTS) is 1. The largest absolute Gasteiger partial charge is 0.508 e. The van der Waals surface area contributed by atoms with Crippen molar-refractivity contribution in [3.63, 3.8) is 0 Å². The van der Waals surface area contributed by atoms with Gasteiger partial charge in [0, 0.05) is 12.6 Å². The minimum atomic E-state index is -2.91. The van der Waals surface area contributed by atoms with Crippen LogP contribution in [0.5, 0.6) is 5.75 Å². The zero-order valence-corrected chi connectivity index (χ0v) is 10.4. The number of carboxylic acids is 1. The molecule has 0 spiro atoms. The number of hydrogen-bond donors (Lipinski definition) is 4. The van der Waals surface area contributed by atoms with Crippen LogP contribution >= 0.6 is 10.8 Å². The van der Waals surface area contributed by atoms with Crippen LogP contribution in [0.1, 0.15) is 23.2 Å². The molecule has 0 saturated carbocycles. The van der Waals surface area contributed by atoms with E-state index in [4.69, 9.17) is 5.11 Å². The molecule has 18 heavy (non-hydrogen) atoms. The second-order valence-corrected chi connectivity index (χ2v) is 6.30. The van der Waals surface area contributed by atoms with E-state index in [9.17, 15) is 19.0 Å². The van der Waals surface area contributed by atoms with Gasteiger partial charge in [0.1, 0.15) is 5.75 Å². The highest BCUT2D eigenvalue weighted by molar-refractivity contribution is 8.25. The number of hydrogen-bond acceptors (Lipinski definition) is 5. The van der Waals surface area contributed by atoms with Crippen LogP contribution in [0, 0.1) is 0 Å². The molecule has 1 aromatic carbocycles. The number of nitrogens with zero attached hydrogens (tertiary/aromatic N) is 1. The number of carbonyl (C=O) groups is 1. The van der Waals surface area contributed by atoms with Crippen LogP contribution in [0.3, 0.4) is 0 Å². The Morgan fingerprint density at radius 2 is 1.94 bits per heavy atom. The van der Waals surface area contributed by atoms with Crippen LogP contribution in [-0.2, 0) is 0 Å². The Morgan fingerprint density at radius 1 is 1.22 bits per heavy atom. The monoisotopic (exact) mass is 273 g/mol. The maximum atomic E-state index is 10.9. The Labute approximate surface area is 106 Å². The minimum absolute atomic E-state index is 0.0780. The van der Waals surface area contributed by atoms with Crippen LogP contribution in [0.4, 0.5) is 5.69 Å². The summed E-state index contributed by atoms with van der Waals surface area (Å²) in [5.41, 5.74) is 0.248. The second kappa shape index (κ2) is 4.68. The van der Waals surface area contributed by atoms with Gasteiger partial charge in [-0.1, -0.05) is 0 Å². The van der Waals surface area contributed by atoms with E-state index in [1.165, 1.54) is 16.4 Å². The van der Waals surface area contributed by atoms with Gasteiger partial charge in [-0.15, -0.1) is 10.8 Å². The van der Waals surface area contributed by atoms with Crippen molar-refractivity contribution in [3.8, 4) is 5.75 Å². The van der Waals surface area contributed by atoms with Gasteiger partial charge in [-0.2, -0.15) is 0 Å². The first-order valence-corrected chi connectivity index (χ1v) is 7.18. The Morgan fingerprint density at radius 3 is 2.56 bits per heavy atom. The second-order valence-electron chi connectivity index (χ2n) is 4.19. The fourth-order valence-electron chi connectivity index (χ4n) is 1.97. The molecule has 1 aliphatic heterocycles. The van der Waals surface area contributed by atoms with Gasteiger partial charge >= 0.3 is 5.97 Å². The quantitative estimate of drug-likeness (QED) is 0.660. The summed E-state index contributed by atoms with van der Waals surface area (Å²) in [6.07, 6.45) is 1.53. The topological polar surface area (TPSA) is 101 Å². The van der Waals surface area contributed by atoms with E-state index >= 15 is 0 Å². The molecule has 4 N–H and O–H groups in total. The molecule has 0 radical (unpaired) electrons. The lowest BCUT2D eigenvalue weighted by Gasteiger charge is -2.47. The van der Waals surface area contributed by atoms with Crippen LogP contribution in [0.25, 0.3) is 0 Å². The molecule has 0 unspecified atom stereocenters. The highest BCUT2D eigenvalue weighted by Gasteiger charge is 2.27. The lowest BCUT2D eigenvalue weighted by Crippen LogP contribution is -2.34. The van der Waals surface area contributed by atoms with Crippen molar-refractivity contribution >= 4 is 22.4 Å². The first-order chi connectivity index (χ1) is 8.40. The van der Waals surface area contributed by atoms with Crippen LogP contribution in [0.15, 0.2) is 18.2 Å². The predicted molar refractivity (Wildman–Crippen MR) is 69.4 cm³/mol. The van der Waals surface area contributed by atoms with Crippen molar-refractivity contribution in [2.24, 2.45) is 0 Å². The number of benzene rings is 1. The van der Waals surface area contributed by atoms with E-state index in [2.05, 4.69) is 0 Å². The van der Waals surface area contributed by atoms with Gasteiger partial charge in [0.15, 0.2) is 0 Å². The average Bonchev–Trinajstić information content (AvgIpc) is 2.27. The number of rotatable bonds is 2. The first kappa shape index (κ1) is 13.0. The van der Waals surface area contributed by atoms with Gasteiger partial charge in [0.2, 0.25) is 0 Å². The summed E-state index contributed by atoms with van der Waals surface area (Å²) in [7, 11) is -2.91. The predicted octanol–water partition coefficient (Wildman–Crippen LogP) is 2.36. The van der Waals surface area contributed by atoms with Crippen molar-refractivity contribution in [2.75, 3.05) is 16.6 Å². The van der Waals surface area contributed by atoms with Crippen molar-refractivity contribution in [3.05, 3.63) is 23.8 Å². The van der Waals surface area contributed by atoms with Gasteiger partial charge in [-0.3, -0.25) is 13.4 Å². The number of phenols is 1. The van der Waals surface area contributed by atoms with Crippen LogP contribution < -0.4 is 4.31 Å². The average molecular weight is 273 g/mol. The maximum Gasteiger partial charge on any atom is 0.335 e. The van der Waals surface area contributed by atoms with Gasteiger partial charge < -0.3 is 10.2 Å². The highest BCUT2D eigenvalue weighted by atomic mass is 32.3. The smallest absolute Gasteiger partial charge is 0.335 e. The van der Waals surface area contributed by atoms with Gasteiger partial charge in [-0.05, 0) is 25.0 Å². The van der Waals surface area contributed by atoms with E-state index in [1.807, 2.05) is 0 Å². The Hall–Kier alpha value is -1.44. The molecular weight excluding hydrogens is 258 g/mol. The third-order valence-electron chi connectivity index (χ3n) is 2.82. The number of aromatic hydroxyl groups is 1. The van der Waals surface area contributed by atoms with Crippen molar-refractivity contribution in [1.82, 2.24) is 0 Å². The maximum absolute atomic E-state index is 10.9. The van der Waals surface area contributed by atoms with E-state index in [1.54, 1.807) is 0 Å². The standard InChI is InChI=1S/C11H15NO5S/c13-10-6-8(11(14)15)5-9(7-10)12-3-1-2-4-18(12,16)17/h5-7,13,16-17H,1-4H2,(H,14,15). The molecule has 0 atom stereocenters. The fraction of sp³-hybridized carbons (Fsp3) is 0.364. The Balaban J connectivity index is 2.40. The third-order valence-corrected chi connectivity index (χ3v) is 4.76. The van der Waals surface area contributed by atoms with Crippen LogP contribution in [-0.4, -0.2) is 37.6 Å². The molecule has 1 fully saturated rings. The van der Waals surface area contributed by atoms with E-state index in [-0.39, 0.29) is 17.1 Å². The molecule has 6 nitrogen and oxygen atoms in total. The van der Waals surface area contributed by atoms with Gasteiger partial charge in [0.25, 0.3) is 0 Å². The zero-order valence-electron chi connectivity index (χ0n) is 9.61. The molecule has 100 valence electrons. The van der Waals surface area contributed by atoms with E-state index < -0.39 is 16.7 Å². The van der Waals surface area contributed by atoms with Crippen molar-refractivity contribution in [1.29, 1.82) is 0 Å². The summed E-state index contributed by atoms with van der Waals surface area (Å²) in [5.74, 6) is -1.10. The van der Waals surface area contributed by atoms with Crippen molar-refractivity contribution in [2.45, 2.75) is 12.8 Å².